The van der Waals surface area contributed by atoms with Crippen LogP contribution in [-0.2, 0) is 6.42 Å². The van der Waals surface area contributed by atoms with Crippen molar-refractivity contribution in [2.24, 2.45) is 0 Å². The van der Waals surface area contributed by atoms with Crippen LogP contribution in [0.1, 0.15) is 22.9 Å². The first-order valence-corrected chi connectivity index (χ1v) is 6.61. The molecule has 0 spiro atoms. The lowest BCUT2D eigenvalue weighted by molar-refractivity contribution is 0.300. The van der Waals surface area contributed by atoms with Crippen molar-refractivity contribution in [3.63, 3.8) is 0 Å². The highest BCUT2D eigenvalue weighted by Gasteiger charge is 2.20. The molecule has 1 aromatic heterocycles. The molecular weight excluding hydrogens is 265 g/mol. The predicted octanol–water partition coefficient (Wildman–Crippen LogP) is 3.41. The van der Waals surface area contributed by atoms with Gasteiger partial charge in [-0.2, -0.15) is 0 Å². The lowest BCUT2D eigenvalue weighted by Gasteiger charge is -2.16. The van der Waals surface area contributed by atoms with Gasteiger partial charge in [-0.1, -0.05) is 29.3 Å². The zero-order chi connectivity index (χ0) is 11.5. The highest BCUT2D eigenvalue weighted by Crippen LogP contribution is 2.36. The van der Waals surface area contributed by atoms with Gasteiger partial charge in [-0.25, -0.2) is 4.98 Å². The highest BCUT2D eigenvalue weighted by molar-refractivity contribution is 7.09. The summed E-state index contributed by atoms with van der Waals surface area (Å²) >= 11 is 13.5. The van der Waals surface area contributed by atoms with Gasteiger partial charge in [0.05, 0.1) is 16.2 Å². The molecule has 1 atom stereocenters. The maximum absolute atomic E-state index is 8.96. The fraction of sp³-hybridized carbons (Fsp3) is 0.364. The van der Waals surface area contributed by atoms with Crippen molar-refractivity contribution in [3.8, 4) is 0 Å². The molecule has 0 bridgehead atoms. The van der Waals surface area contributed by atoms with E-state index < -0.39 is 0 Å². The second-order valence-corrected chi connectivity index (χ2v) is 5.36. The lowest BCUT2D eigenvalue weighted by atomic mass is 9.95. The minimum atomic E-state index is 0.149. The highest BCUT2D eigenvalue weighted by atomic mass is 35.5. The third-order valence-corrected chi connectivity index (χ3v) is 4.21. The first-order valence-electron chi connectivity index (χ1n) is 4.98. The molecule has 16 heavy (non-hydrogen) atoms. The van der Waals surface area contributed by atoms with Gasteiger partial charge in [-0.15, -0.1) is 11.3 Å². The van der Waals surface area contributed by atoms with Crippen molar-refractivity contribution >= 4 is 34.5 Å². The van der Waals surface area contributed by atoms with Crippen LogP contribution in [0.5, 0.6) is 0 Å². The Kier molecular flexibility index (Phi) is 4.03. The van der Waals surface area contributed by atoms with Crippen LogP contribution in [0.4, 0.5) is 0 Å². The summed E-state index contributed by atoms with van der Waals surface area (Å²) in [5, 5.41) is 10.2. The van der Waals surface area contributed by atoms with Crippen molar-refractivity contribution in [1.82, 2.24) is 4.98 Å². The quantitative estimate of drug-likeness (QED) is 0.917. The van der Waals surface area contributed by atoms with Crippen molar-refractivity contribution < 1.29 is 5.11 Å². The molecule has 5 heteroatoms. The van der Waals surface area contributed by atoms with E-state index in [1.165, 1.54) is 0 Å². The number of aliphatic hydroxyl groups is 1. The van der Waals surface area contributed by atoms with Crippen molar-refractivity contribution in [2.45, 2.75) is 18.8 Å². The minimum absolute atomic E-state index is 0.149. The zero-order valence-corrected chi connectivity index (χ0v) is 10.8. The Morgan fingerprint density at radius 2 is 2.31 bits per heavy atom. The second kappa shape index (κ2) is 5.32. The molecule has 0 amide bonds. The molecule has 0 saturated heterocycles. The molecule has 1 aliphatic rings. The molecule has 1 unspecified atom stereocenters. The molecule has 0 aliphatic heterocycles. The van der Waals surface area contributed by atoms with E-state index in [0.29, 0.717) is 22.9 Å². The van der Waals surface area contributed by atoms with E-state index >= 15 is 0 Å². The number of hydrogen-bond donors (Lipinski definition) is 1. The molecular formula is C11H11Cl2NOS. The van der Waals surface area contributed by atoms with Crippen LogP contribution in [-0.4, -0.2) is 16.7 Å². The average molecular weight is 276 g/mol. The number of rotatable bonds is 3. The van der Waals surface area contributed by atoms with E-state index in [4.69, 9.17) is 28.3 Å². The van der Waals surface area contributed by atoms with E-state index in [-0.39, 0.29) is 12.5 Å². The summed E-state index contributed by atoms with van der Waals surface area (Å²) in [6.45, 7) is 0.149. The van der Waals surface area contributed by atoms with Crippen LogP contribution in [0.3, 0.4) is 0 Å². The van der Waals surface area contributed by atoms with E-state index in [1.54, 1.807) is 11.3 Å². The summed E-state index contributed by atoms with van der Waals surface area (Å²) in [4.78, 5) is 5.47. The maximum Gasteiger partial charge on any atom is 0.0797 e. The zero-order valence-electron chi connectivity index (χ0n) is 8.49. The predicted molar refractivity (Wildman–Crippen MR) is 68.1 cm³/mol. The number of aliphatic hydroxyl groups excluding tert-OH is 1. The molecule has 86 valence electrons. The summed E-state index contributed by atoms with van der Waals surface area (Å²) in [6.07, 6.45) is 5.18. The van der Waals surface area contributed by atoms with Gasteiger partial charge in [0.2, 0.25) is 0 Å². The Bertz CT molecular complexity index is 439. The lowest BCUT2D eigenvalue weighted by Crippen LogP contribution is -2.04. The maximum atomic E-state index is 8.96. The number of halogens is 2. The monoisotopic (exact) mass is 275 g/mol. The molecule has 1 N–H and O–H groups in total. The van der Waals surface area contributed by atoms with E-state index in [0.717, 1.165) is 10.6 Å². The van der Waals surface area contributed by atoms with Crippen LogP contribution in [0, 0.1) is 0 Å². The largest absolute Gasteiger partial charge is 0.396 e. The SMILES string of the molecule is OCCc1scnc1C1C=CC(Cl)=C(Cl)C1. The number of thiazole rings is 1. The molecule has 0 radical (unpaired) electrons. The van der Waals surface area contributed by atoms with Gasteiger partial charge in [0.15, 0.2) is 0 Å². The molecule has 1 aromatic rings. The molecule has 2 rings (SSSR count). The fourth-order valence-electron chi connectivity index (χ4n) is 1.71. The van der Waals surface area contributed by atoms with Gasteiger partial charge in [0, 0.05) is 28.9 Å². The smallest absolute Gasteiger partial charge is 0.0797 e. The summed E-state index contributed by atoms with van der Waals surface area (Å²) in [7, 11) is 0. The van der Waals surface area contributed by atoms with E-state index in [2.05, 4.69) is 4.98 Å². The Labute approximate surface area is 108 Å². The topological polar surface area (TPSA) is 33.1 Å². The molecule has 0 aromatic carbocycles. The Morgan fingerprint density at radius 3 is 3.00 bits per heavy atom. The van der Waals surface area contributed by atoms with Crippen LogP contribution in [0.25, 0.3) is 0 Å². The standard InChI is InChI=1S/C11H11Cl2NOS/c12-8-2-1-7(5-9(8)13)11-10(3-4-15)16-6-14-11/h1-2,6-7,15H,3-5H2. The number of allylic oxidation sites excluding steroid dienone is 4. The van der Waals surface area contributed by atoms with E-state index in [9.17, 15) is 0 Å². The van der Waals surface area contributed by atoms with Crippen LogP contribution in [0.2, 0.25) is 0 Å². The summed E-state index contributed by atoms with van der Waals surface area (Å²) in [5.74, 6) is 0.183. The normalized spacial score (nSPS) is 20.6. The minimum Gasteiger partial charge on any atom is -0.396 e. The summed E-state index contributed by atoms with van der Waals surface area (Å²) in [5.41, 5.74) is 2.82. The van der Waals surface area contributed by atoms with Gasteiger partial charge in [-0.3, -0.25) is 0 Å². The van der Waals surface area contributed by atoms with Crippen LogP contribution in [0.15, 0.2) is 27.7 Å². The fourth-order valence-corrected chi connectivity index (χ4v) is 2.91. The van der Waals surface area contributed by atoms with Gasteiger partial charge in [-0.05, 0) is 12.5 Å². The number of hydrogen-bond acceptors (Lipinski definition) is 3. The Balaban J connectivity index is 2.20. The van der Waals surface area contributed by atoms with Crippen molar-refractivity contribution in [1.29, 1.82) is 0 Å². The summed E-state index contributed by atoms with van der Waals surface area (Å²) < 4.78 is 0. The van der Waals surface area contributed by atoms with E-state index in [1.807, 2.05) is 17.7 Å². The second-order valence-electron chi connectivity index (χ2n) is 3.56. The average Bonchev–Trinajstić information content (AvgIpc) is 2.71. The molecule has 2 nitrogen and oxygen atoms in total. The number of nitrogens with zero attached hydrogens (tertiary/aromatic N) is 1. The molecule has 0 saturated carbocycles. The van der Waals surface area contributed by atoms with Gasteiger partial charge < -0.3 is 5.11 Å². The number of aromatic nitrogens is 1. The van der Waals surface area contributed by atoms with Crippen LogP contribution < -0.4 is 0 Å². The molecule has 0 fully saturated rings. The van der Waals surface area contributed by atoms with Gasteiger partial charge >= 0.3 is 0 Å². The Morgan fingerprint density at radius 1 is 1.50 bits per heavy atom. The molecule has 1 heterocycles. The first-order chi connectivity index (χ1) is 7.72. The van der Waals surface area contributed by atoms with Crippen molar-refractivity contribution in [2.75, 3.05) is 6.61 Å². The van der Waals surface area contributed by atoms with Crippen molar-refractivity contribution in [3.05, 3.63) is 38.3 Å². The summed E-state index contributed by atoms with van der Waals surface area (Å²) in [6, 6.07) is 0. The third-order valence-electron chi connectivity index (χ3n) is 2.50. The van der Waals surface area contributed by atoms with Crippen LogP contribution >= 0.6 is 34.5 Å². The van der Waals surface area contributed by atoms with Gasteiger partial charge in [0.1, 0.15) is 0 Å². The first kappa shape index (κ1) is 12.1. The van der Waals surface area contributed by atoms with Gasteiger partial charge in [0.25, 0.3) is 0 Å². The molecule has 1 aliphatic carbocycles. The Hall–Kier alpha value is -0.350. The third kappa shape index (κ3) is 2.48.